The summed E-state index contributed by atoms with van der Waals surface area (Å²) >= 11 is 0. The van der Waals surface area contributed by atoms with Gasteiger partial charge in [0.15, 0.2) is 0 Å². The van der Waals surface area contributed by atoms with Crippen LogP contribution in [0.4, 0.5) is 0 Å². The van der Waals surface area contributed by atoms with Gasteiger partial charge in [-0.2, -0.15) is 0 Å². The van der Waals surface area contributed by atoms with Gasteiger partial charge in [-0.1, -0.05) is 34.3 Å². The molecule has 0 aromatic heterocycles. The fraction of sp³-hybridized carbons (Fsp3) is 0.737. The van der Waals surface area contributed by atoms with Gasteiger partial charge in [0.2, 0.25) is 17.7 Å². The van der Waals surface area contributed by atoms with E-state index in [1.807, 2.05) is 13.8 Å². The molecule has 27 heavy (non-hydrogen) atoms. The topological polar surface area (TPSA) is 117 Å². The Balaban J connectivity index is 5.26. The first kappa shape index (κ1) is 24.8. The van der Waals surface area contributed by atoms with Crippen LogP contribution < -0.4 is 21.7 Å². The van der Waals surface area contributed by atoms with Crippen LogP contribution in [0.2, 0.25) is 0 Å². The van der Waals surface area contributed by atoms with Crippen LogP contribution in [0.3, 0.4) is 0 Å². The van der Waals surface area contributed by atoms with Gasteiger partial charge in [-0.15, -0.1) is 0 Å². The predicted molar refractivity (Wildman–Crippen MR) is 107 cm³/mol. The maximum atomic E-state index is 13.0. The summed E-state index contributed by atoms with van der Waals surface area (Å²) in [6.07, 6.45) is 1.95. The molecule has 0 unspecified atom stereocenters. The van der Waals surface area contributed by atoms with Crippen LogP contribution in [0.1, 0.15) is 53.4 Å². The lowest BCUT2D eigenvalue weighted by Crippen LogP contribution is -2.62. The van der Waals surface area contributed by atoms with E-state index in [9.17, 15) is 14.4 Å². The summed E-state index contributed by atoms with van der Waals surface area (Å²) in [4.78, 5) is 39.2. The first-order chi connectivity index (χ1) is 12.5. The van der Waals surface area contributed by atoms with Gasteiger partial charge >= 0.3 is 0 Å². The smallest absolute Gasteiger partial charge is 0.246 e. The minimum Gasteiger partial charge on any atom is -0.386 e. The highest BCUT2D eigenvalue weighted by Crippen LogP contribution is 2.17. The normalized spacial score (nSPS) is 12.3. The predicted octanol–water partition coefficient (Wildman–Crippen LogP) is 0.690. The molecule has 0 radical (unpaired) electrons. The van der Waals surface area contributed by atoms with Crippen LogP contribution in [0.5, 0.6) is 0 Å². The van der Waals surface area contributed by atoms with E-state index in [2.05, 4.69) is 22.5 Å². The molecule has 8 nitrogen and oxygen atoms in total. The number of nitrogens with zero attached hydrogens (tertiary/aromatic N) is 1. The monoisotopic (exact) mass is 383 g/mol. The maximum absolute atomic E-state index is 13.0. The van der Waals surface area contributed by atoms with E-state index in [-0.39, 0.29) is 23.6 Å². The van der Waals surface area contributed by atoms with Crippen molar-refractivity contribution in [3.63, 3.8) is 0 Å². The minimum atomic E-state index is -1.03. The Kier molecular flexibility index (Phi) is 10.5. The maximum Gasteiger partial charge on any atom is 0.246 e. The average Bonchev–Trinajstić information content (AvgIpc) is 2.60. The number of hydrogen-bond acceptors (Lipinski definition) is 5. The molecule has 0 spiro atoms. The highest BCUT2D eigenvalue weighted by Gasteiger charge is 2.38. The molecule has 0 saturated carbocycles. The molecule has 0 rings (SSSR count). The SMILES string of the molecule is C=C(N)NCCC[C@H](NC(=O)C(CC)(CC)NC(=O)C(C)C)C(=O)N(C)C. The summed E-state index contributed by atoms with van der Waals surface area (Å²) < 4.78 is 0. The molecule has 0 aromatic carbocycles. The first-order valence-electron chi connectivity index (χ1n) is 9.53. The fourth-order valence-electron chi connectivity index (χ4n) is 2.61. The van der Waals surface area contributed by atoms with E-state index in [1.54, 1.807) is 27.9 Å². The van der Waals surface area contributed by atoms with Crippen LogP contribution >= 0.6 is 0 Å². The standard InChI is InChI=1S/C19H37N5O3/c1-8-19(9-2,23-16(25)13(3)4)18(27)22-15(17(26)24(6)7)11-10-12-21-14(5)20/h13,15,21H,5,8-12,20H2,1-4,6-7H3,(H,22,27)(H,23,25)/t15-/m0/s1. The van der Waals surface area contributed by atoms with Gasteiger partial charge in [-0.25, -0.2) is 0 Å². The van der Waals surface area contributed by atoms with Crippen LogP contribution in [-0.4, -0.2) is 54.8 Å². The molecule has 1 atom stereocenters. The molecule has 0 aliphatic carbocycles. The Bertz CT molecular complexity index is 527. The van der Waals surface area contributed by atoms with Crippen molar-refractivity contribution in [2.45, 2.75) is 65.0 Å². The summed E-state index contributed by atoms with van der Waals surface area (Å²) in [7, 11) is 3.30. The van der Waals surface area contributed by atoms with Crippen molar-refractivity contribution in [1.82, 2.24) is 20.9 Å². The van der Waals surface area contributed by atoms with Crippen molar-refractivity contribution in [2.24, 2.45) is 11.7 Å². The van der Waals surface area contributed by atoms with Crippen LogP contribution in [0.25, 0.3) is 0 Å². The van der Waals surface area contributed by atoms with Crippen LogP contribution in [0, 0.1) is 5.92 Å². The molecule has 5 N–H and O–H groups in total. The van der Waals surface area contributed by atoms with E-state index in [4.69, 9.17) is 5.73 Å². The summed E-state index contributed by atoms with van der Waals surface area (Å²) in [6.45, 7) is 11.4. The minimum absolute atomic E-state index is 0.185. The summed E-state index contributed by atoms with van der Waals surface area (Å²) in [5.74, 6) is -0.578. The van der Waals surface area contributed by atoms with Gasteiger partial charge in [0.25, 0.3) is 0 Å². The van der Waals surface area contributed by atoms with Gasteiger partial charge in [0, 0.05) is 26.6 Å². The zero-order chi connectivity index (χ0) is 21.2. The van der Waals surface area contributed by atoms with Gasteiger partial charge < -0.3 is 26.6 Å². The largest absolute Gasteiger partial charge is 0.386 e. The van der Waals surface area contributed by atoms with E-state index in [1.165, 1.54) is 4.90 Å². The Hall–Kier alpha value is -2.25. The zero-order valence-electron chi connectivity index (χ0n) is 17.6. The van der Waals surface area contributed by atoms with Crippen LogP contribution in [0.15, 0.2) is 12.4 Å². The van der Waals surface area contributed by atoms with E-state index < -0.39 is 11.6 Å². The Labute approximate surface area is 163 Å². The van der Waals surface area contributed by atoms with Crippen LogP contribution in [-0.2, 0) is 14.4 Å². The molecule has 0 aliphatic heterocycles. The van der Waals surface area contributed by atoms with Crippen molar-refractivity contribution in [2.75, 3.05) is 20.6 Å². The third-order valence-corrected chi connectivity index (χ3v) is 4.59. The van der Waals surface area contributed by atoms with Crippen molar-refractivity contribution in [3.8, 4) is 0 Å². The molecular formula is C19H37N5O3. The van der Waals surface area contributed by atoms with Gasteiger partial charge in [-0.05, 0) is 25.7 Å². The lowest BCUT2D eigenvalue weighted by atomic mass is 9.90. The lowest BCUT2D eigenvalue weighted by molar-refractivity contribution is -0.139. The number of likely N-dealkylation sites (N-methyl/N-ethyl adjacent to an activating group) is 1. The number of nitrogens with two attached hydrogens (primary N) is 1. The Morgan fingerprint density at radius 2 is 1.70 bits per heavy atom. The number of rotatable bonds is 12. The highest BCUT2D eigenvalue weighted by atomic mass is 16.2. The summed E-state index contributed by atoms with van der Waals surface area (Å²) in [5, 5.41) is 8.62. The zero-order valence-corrected chi connectivity index (χ0v) is 17.6. The van der Waals surface area contributed by atoms with Gasteiger partial charge in [0.05, 0.1) is 5.82 Å². The molecule has 0 heterocycles. The molecule has 0 aliphatic rings. The molecule has 0 aromatic rings. The van der Waals surface area contributed by atoms with Gasteiger partial charge in [0.1, 0.15) is 11.6 Å². The number of carbonyl (C=O) groups is 3. The van der Waals surface area contributed by atoms with E-state index in [0.29, 0.717) is 38.0 Å². The molecule has 0 fully saturated rings. The number of amides is 3. The molecule has 8 heteroatoms. The van der Waals surface area contributed by atoms with Crippen molar-refractivity contribution >= 4 is 17.7 Å². The van der Waals surface area contributed by atoms with Gasteiger partial charge in [-0.3, -0.25) is 14.4 Å². The second-order valence-electron chi connectivity index (χ2n) is 7.29. The van der Waals surface area contributed by atoms with Crippen molar-refractivity contribution < 1.29 is 14.4 Å². The highest BCUT2D eigenvalue weighted by molar-refractivity contribution is 5.95. The number of nitrogens with one attached hydrogen (secondary N) is 3. The third kappa shape index (κ3) is 7.88. The number of hydrogen-bond donors (Lipinski definition) is 4. The molecule has 156 valence electrons. The lowest BCUT2D eigenvalue weighted by Gasteiger charge is -2.34. The Morgan fingerprint density at radius 1 is 1.15 bits per heavy atom. The van der Waals surface area contributed by atoms with Crippen molar-refractivity contribution in [1.29, 1.82) is 0 Å². The van der Waals surface area contributed by atoms with Crippen molar-refractivity contribution in [3.05, 3.63) is 12.4 Å². The second kappa shape index (κ2) is 11.5. The molecule has 0 saturated heterocycles. The number of carbonyl (C=O) groups excluding carboxylic acids is 3. The molecule has 3 amide bonds. The molecular weight excluding hydrogens is 346 g/mol. The quantitative estimate of drug-likeness (QED) is 0.370. The van der Waals surface area contributed by atoms with E-state index >= 15 is 0 Å². The fourth-order valence-corrected chi connectivity index (χ4v) is 2.61. The summed E-state index contributed by atoms with van der Waals surface area (Å²) in [6, 6.07) is -0.672. The molecule has 0 bridgehead atoms. The summed E-state index contributed by atoms with van der Waals surface area (Å²) in [5.41, 5.74) is 4.44. The third-order valence-electron chi connectivity index (χ3n) is 4.59. The average molecular weight is 384 g/mol. The first-order valence-corrected chi connectivity index (χ1v) is 9.53. The van der Waals surface area contributed by atoms with E-state index in [0.717, 1.165) is 0 Å². The second-order valence-corrected chi connectivity index (χ2v) is 7.29. The Morgan fingerprint density at radius 3 is 2.11 bits per heavy atom.